The Morgan fingerprint density at radius 2 is 1.97 bits per heavy atom. The molecule has 0 atom stereocenters. The number of aryl methyl sites for hydroxylation is 1. The van der Waals surface area contributed by atoms with Crippen LogP contribution in [0.3, 0.4) is 0 Å². The van der Waals surface area contributed by atoms with Gasteiger partial charge in [0.25, 0.3) is 5.91 Å². The number of amides is 1. The van der Waals surface area contributed by atoms with Gasteiger partial charge in [0.2, 0.25) is 0 Å². The van der Waals surface area contributed by atoms with Crippen LogP contribution in [0, 0.1) is 11.2 Å². The Kier molecular flexibility index (Phi) is 4.55. The Morgan fingerprint density at radius 1 is 1.23 bits per heavy atom. The molecule has 6 nitrogen and oxygen atoms in total. The van der Waals surface area contributed by atoms with Crippen molar-refractivity contribution in [2.24, 2.45) is 12.5 Å². The van der Waals surface area contributed by atoms with Gasteiger partial charge in [-0.1, -0.05) is 29.8 Å². The van der Waals surface area contributed by atoms with Crippen LogP contribution in [0.1, 0.15) is 36.2 Å². The van der Waals surface area contributed by atoms with Crippen molar-refractivity contribution < 1.29 is 18.7 Å². The van der Waals surface area contributed by atoms with E-state index in [-0.39, 0.29) is 40.0 Å². The summed E-state index contributed by atoms with van der Waals surface area (Å²) in [6, 6.07) is 11.8. The summed E-state index contributed by atoms with van der Waals surface area (Å²) in [6.45, 7) is -0.200. The van der Waals surface area contributed by atoms with Crippen molar-refractivity contribution in [3.05, 3.63) is 59.0 Å². The number of halogens is 2. The summed E-state index contributed by atoms with van der Waals surface area (Å²) >= 11 is 5.64. The number of benzene rings is 2. The number of carbonyl (C=O) groups excluding carboxylic acids is 2. The molecule has 2 aromatic carbocycles. The number of carbonyl (C=O) groups is 2. The fraction of sp³-hybridized carbons (Fsp3) is 0.348. The summed E-state index contributed by atoms with van der Waals surface area (Å²) in [5, 5.41) is 8.32. The lowest BCUT2D eigenvalue weighted by Gasteiger charge is -2.70. The molecule has 1 N–H and O–H groups in total. The fourth-order valence-electron chi connectivity index (χ4n) is 5.21. The third-order valence-corrected chi connectivity index (χ3v) is 6.67. The summed E-state index contributed by atoms with van der Waals surface area (Å²) in [5.41, 5.74) is 1.15. The van der Waals surface area contributed by atoms with Gasteiger partial charge >= 0.3 is 0 Å². The Balaban J connectivity index is 1.14. The molecule has 1 aromatic heterocycles. The van der Waals surface area contributed by atoms with Crippen LogP contribution < -0.4 is 10.1 Å². The maximum Gasteiger partial charge on any atom is 0.258 e. The minimum atomic E-state index is -0.591. The zero-order valence-corrected chi connectivity index (χ0v) is 17.7. The second kappa shape index (κ2) is 7.05. The molecule has 0 aliphatic heterocycles. The highest BCUT2D eigenvalue weighted by Crippen LogP contribution is 2.69. The SMILES string of the molecule is Cn1nc(C(=O)CC23CC(NC(=O)COc4ccc(Cl)c(F)c4)(C2)C3)c2ccccc21. The van der Waals surface area contributed by atoms with Crippen molar-refractivity contribution in [1.29, 1.82) is 0 Å². The van der Waals surface area contributed by atoms with E-state index in [0.717, 1.165) is 36.2 Å². The molecule has 0 unspecified atom stereocenters. The number of aromatic nitrogens is 2. The van der Waals surface area contributed by atoms with E-state index in [9.17, 15) is 14.0 Å². The highest BCUT2D eigenvalue weighted by molar-refractivity contribution is 6.30. The van der Waals surface area contributed by atoms with Crippen LogP contribution in [0.15, 0.2) is 42.5 Å². The molecular weight excluding hydrogens is 421 g/mol. The lowest BCUT2D eigenvalue weighted by atomic mass is 9.38. The molecule has 8 heteroatoms. The molecule has 3 aliphatic rings. The Labute approximate surface area is 183 Å². The van der Waals surface area contributed by atoms with Gasteiger partial charge in [-0.05, 0) is 42.9 Å². The first-order valence-corrected chi connectivity index (χ1v) is 10.5. The maximum absolute atomic E-state index is 13.5. The van der Waals surface area contributed by atoms with Gasteiger partial charge in [0, 0.05) is 30.5 Å². The van der Waals surface area contributed by atoms with Crippen LogP contribution in [0.25, 0.3) is 10.9 Å². The van der Waals surface area contributed by atoms with Crippen molar-refractivity contribution in [2.45, 2.75) is 31.2 Å². The molecule has 0 spiro atoms. The molecule has 160 valence electrons. The van der Waals surface area contributed by atoms with Crippen LogP contribution in [0.4, 0.5) is 4.39 Å². The summed E-state index contributed by atoms with van der Waals surface area (Å²) in [7, 11) is 1.84. The standard InChI is InChI=1S/C23H21ClFN3O3/c1-28-18-5-3-2-4-15(18)21(27-28)19(29)9-22-11-23(12-22,13-22)26-20(30)10-31-14-6-7-16(24)17(25)8-14/h2-8H,9-13H2,1H3,(H,26,30). The molecule has 1 heterocycles. The molecule has 3 fully saturated rings. The Bertz CT molecular complexity index is 1200. The number of hydrogen-bond acceptors (Lipinski definition) is 4. The van der Waals surface area contributed by atoms with Crippen molar-refractivity contribution >= 4 is 34.2 Å². The van der Waals surface area contributed by atoms with Gasteiger partial charge < -0.3 is 10.1 Å². The molecule has 6 rings (SSSR count). The molecule has 0 saturated heterocycles. The minimum Gasteiger partial charge on any atom is -0.484 e. The number of Topliss-reactive ketones (excluding diaryl/α,β-unsaturated/α-hetero) is 1. The summed E-state index contributed by atoms with van der Waals surface area (Å²) in [5.74, 6) is -0.555. The van der Waals surface area contributed by atoms with E-state index in [1.54, 1.807) is 4.68 Å². The van der Waals surface area contributed by atoms with Crippen LogP contribution in [-0.4, -0.2) is 33.6 Å². The van der Waals surface area contributed by atoms with E-state index in [1.165, 1.54) is 12.1 Å². The third-order valence-electron chi connectivity index (χ3n) is 6.36. The van der Waals surface area contributed by atoms with Crippen molar-refractivity contribution in [3.8, 4) is 5.75 Å². The zero-order chi connectivity index (χ0) is 21.8. The van der Waals surface area contributed by atoms with E-state index in [0.29, 0.717) is 12.1 Å². The minimum absolute atomic E-state index is 0.00390. The Hall–Kier alpha value is -2.93. The fourth-order valence-corrected chi connectivity index (χ4v) is 5.33. The maximum atomic E-state index is 13.5. The second-order valence-electron chi connectivity index (χ2n) is 8.81. The number of nitrogens with one attached hydrogen (secondary N) is 1. The number of ether oxygens (including phenoxy) is 1. The monoisotopic (exact) mass is 441 g/mol. The number of hydrogen-bond donors (Lipinski definition) is 1. The van der Waals surface area contributed by atoms with E-state index in [4.69, 9.17) is 16.3 Å². The van der Waals surface area contributed by atoms with Gasteiger partial charge in [-0.3, -0.25) is 14.3 Å². The van der Waals surface area contributed by atoms with Crippen LogP contribution >= 0.6 is 11.6 Å². The quantitative estimate of drug-likeness (QED) is 0.561. The molecular formula is C23H21ClFN3O3. The van der Waals surface area contributed by atoms with Crippen molar-refractivity contribution in [1.82, 2.24) is 15.1 Å². The molecule has 0 radical (unpaired) electrons. The first-order valence-electron chi connectivity index (χ1n) is 10.1. The smallest absolute Gasteiger partial charge is 0.258 e. The van der Waals surface area contributed by atoms with Gasteiger partial charge in [0.15, 0.2) is 12.4 Å². The zero-order valence-electron chi connectivity index (χ0n) is 17.0. The lowest BCUT2D eigenvalue weighted by Crippen LogP contribution is -2.75. The normalized spacial score (nSPS) is 23.7. The molecule has 1 amide bonds. The number of para-hydroxylation sites is 1. The largest absolute Gasteiger partial charge is 0.484 e. The molecule has 3 aliphatic carbocycles. The van der Waals surface area contributed by atoms with E-state index >= 15 is 0 Å². The number of ketones is 1. The first-order chi connectivity index (χ1) is 14.8. The van der Waals surface area contributed by atoms with Crippen LogP contribution in [0.5, 0.6) is 5.75 Å². The van der Waals surface area contributed by atoms with E-state index < -0.39 is 5.82 Å². The molecule has 3 saturated carbocycles. The van der Waals surface area contributed by atoms with E-state index in [2.05, 4.69) is 10.4 Å². The number of rotatable bonds is 7. The van der Waals surface area contributed by atoms with Crippen molar-refractivity contribution in [2.75, 3.05) is 6.61 Å². The average Bonchev–Trinajstić information content (AvgIpc) is 3.03. The van der Waals surface area contributed by atoms with Crippen molar-refractivity contribution in [3.63, 3.8) is 0 Å². The molecule has 3 aromatic rings. The predicted molar refractivity (Wildman–Crippen MR) is 114 cm³/mol. The molecule has 2 bridgehead atoms. The van der Waals surface area contributed by atoms with Gasteiger partial charge in [0.05, 0.1) is 10.5 Å². The highest BCUT2D eigenvalue weighted by Gasteiger charge is 2.68. The first kappa shape index (κ1) is 20.0. The van der Waals surface area contributed by atoms with Gasteiger partial charge in [-0.2, -0.15) is 5.10 Å². The van der Waals surface area contributed by atoms with Crippen LogP contribution in [0.2, 0.25) is 5.02 Å². The molecule has 31 heavy (non-hydrogen) atoms. The Morgan fingerprint density at radius 3 is 2.71 bits per heavy atom. The van der Waals surface area contributed by atoms with Crippen LogP contribution in [-0.2, 0) is 11.8 Å². The highest BCUT2D eigenvalue weighted by atomic mass is 35.5. The lowest BCUT2D eigenvalue weighted by molar-refractivity contribution is -0.164. The third kappa shape index (κ3) is 3.47. The summed E-state index contributed by atoms with van der Waals surface area (Å²) < 4.78 is 20.5. The average molecular weight is 442 g/mol. The van der Waals surface area contributed by atoms with Gasteiger partial charge in [-0.15, -0.1) is 0 Å². The topological polar surface area (TPSA) is 73.2 Å². The summed E-state index contributed by atoms with van der Waals surface area (Å²) in [4.78, 5) is 25.2. The predicted octanol–water partition coefficient (Wildman–Crippen LogP) is 4.06. The van der Waals surface area contributed by atoms with Gasteiger partial charge in [0.1, 0.15) is 17.3 Å². The second-order valence-corrected chi connectivity index (χ2v) is 9.22. The summed E-state index contributed by atoms with van der Waals surface area (Å²) in [6.07, 6.45) is 2.76. The number of fused-ring (bicyclic) bond motifs is 1. The number of nitrogens with zero attached hydrogens (tertiary/aromatic N) is 2. The van der Waals surface area contributed by atoms with Gasteiger partial charge in [-0.25, -0.2) is 4.39 Å². The van der Waals surface area contributed by atoms with E-state index in [1.807, 2.05) is 31.3 Å².